The Bertz CT molecular complexity index is 450. The summed E-state index contributed by atoms with van der Waals surface area (Å²) in [4.78, 5) is 14.0. The van der Waals surface area contributed by atoms with Crippen molar-refractivity contribution in [3.8, 4) is 0 Å². The number of nitrogens with one attached hydrogen (secondary N) is 1. The van der Waals surface area contributed by atoms with Gasteiger partial charge >= 0.3 is 0 Å². The first-order chi connectivity index (χ1) is 8.58. The lowest BCUT2D eigenvalue weighted by Crippen LogP contribution is -2.41. The van der Waals surface area contributed by atoms with Gasteiger partial charge in [0, 0.05) is 29.6 Å². The molecule has 2 rings (SSSR count). The maximum Gasteiger partial charge on any atom is 0.253 e. The Morgan fingerprint density at radius 2 is 1.83 bits per heavy atom. The second-order valence-corrected chi connectivity index (χ2v) is 4.97. The topological polar surface area (TPSA) is 70.2 Å². The molecule has 0 atom stereocenters. The van der Waals surface area contributed by atoms with Crippen LogP contribution in [0.5, 0.6) is 0 Å². The number of piperidine rings is 1. The number of amides is 1. The number of nitrogens with two attached hydrogens (primary N) is 1. The van der Waals surface area contributed by atoms with Gasteiger partial charge in [-0.2, -0.15) is 0 Å². The Hall–Kier alpha value is -1.55. The monoisotopic (exact) mass is 265 g/mol. The molecule has 4 nitrogen and oxygen atoms in total. The molecule has 5 heteroatoms. The fourth-order valence-corrected chi connectivity index (χ4v) is 2.29. The molecule has 1 amide bonds. The van der Waals surface area contributed by atoms with Crippen molar-refractivity contribution in [2.75, 3.05) is 13.1 Å². The van der Waals surface area contributed by atoms with Crippen LogP contribution in [-0.2, 0) is 0 Å². The van der Waals surface area contributed by atoms with E-state index in [2.05, 4.69) is 0 Å². The van der Waals surface area contributed by atoms with Gasteiger partial charge < -0.3 is 10.6 Å². The van der Waals surface area contributed by atoms with Crippen molar-refractivity contribution in [3.05, 3.63) is 34.9 Å². The molecule has 1 aliphatic rings. The highest BCUT2D eigenvalue weighted by atomic mass is 35.5. The Balaban J connectivity index is 1.99. The average molecular weight is 266 g/mol. The van der Waals surface area contributed by atoms with Crippen LogP contribution in [0.3, 0.4) is 0 Å². The highest BCUT2D eigenvalue weighted by Crippen LogP contribution is 2.19. The van der Waals surface area contributed by atoms with Gasteiger partial charge in [-0.1, -0.05) is 11.6 Å². The smallest absolute Gasteiger partial charge is 0.253 e. The SMILES string of the molecule is N=C(N)C1CCN(C(=O)c2ccc(Cl)cc2)CC1. The molecule has 1 aromatic carbocycles. The third-order valence-corrected chi connectivity index (χ3v) is 3.57. The molecule has 18 heavy (non-hydrogen) atoms. The molecule has 0 spiro atoms. The van der Waals surface area contributed by atoms with Crippen molar-refractivity contribution in [2.45, 2.75) is 12.8 Å². The molecule has 0 aliphatic carbocycles. The van der Waals surface area contributed by atoms with Crippen LogP contribution in [-0.4, -0.2) is 29.7 Å². The molecule has 0 bridgehead atoms. The molecule has 96 valence electrons. The van der Waals surface area contributed by atoms with Gasteiger partial charge in [0.25, 0.3) is 5.91 Å². The first kappa shape index (κ1) is 12.9. The molecule has 1 aromatic rings. The van der Waals surface area contributed by atoms with Gasteiger partial charge in [0.05, 0.1) is 5.84 Å². The lowest BCUT2D eigenvalue weighted by Gasteiger charge is -2.31. The third kappa shape index (κ3) is 2.82. The van der Waals surface area contributed by atoms with Gasteiger partial charge in [0.2, 0.25) is 0 Å². The summed E-state index contributed by atoms with van der Waals surface area (Å²) in [7, 11) is 0. The Morgan fingerprint density at radius 1 is 1.28 bits per heavy atom. The first-order valence-electron chi connectivity index (χ1n) is 5.96. The van der Waals surface area contributed by atoms with E-state index in [4.69, 9.17) is 22.7 Å². The van der Waals surface area contributed by atoms with Crippen LogP contribution in [0.15, 0.2) is 24.3 Å². The van der Waals surface area contributed by atoms with Crippen LogP contribution < -0.4 is 5.73 Å². The first-order valence-corrected chi connectivity index (χ1v) is 6.34. The van der Waals surface area contributed by atoms with Crippen molar-refractivity contribution in [2.24, 2.45) is 11.7 Å². The Kier molecular flexibility index (Phi) is 3.87. The van der Waals surface area contributed by atoms with Crippen molar-refractivity contribution < 1.29 is 4.79 Å². The van der Waals surface area contributed by atoms with Crippen LogP contribution in [0.4, 0.5) is 0 Å². The van der Waals surface area contributed by atoms with Crippen LogP contribution >= 0.6 is 11.6 Å². The predicted octanol–water partition coefficient (Wildman–Crippen LogP) is 2.13. The number of hydrogen-bond acceptors (Lipinski definition) is 2. The van der Waals surface area contributed by atoms with E-state index in [9.17, 15) is 4.79 Å². The minimum Gasteiger partial charge on any atom is -0.387 e. The lowest BCUT2D eigenvalue weighted by atomic mass is 9.95. The quantitative estimate of drug-likeness (QED) is 0.635. The van der Waals surface area contributed by atoms with Gasteiger partial charge in [-0.3, -0.25) is 10.2 Å². The number of amidine groups is 1. The molecular weight excluding hydrogens is 250 g/mol. The Labute approximate surface area is 111 Å². The molecule has 1 fully saturated rings. The second kappa shape index (κ2) is 5.40. The normalized spacial score (nSPS) is 16.6. The van der Waals surface area contributed by atoms with Crippen molar-refractivity contribution >= 4 is 23.3 Å². The summed E-state index contributed by atoms with van der Waals surface area (Å²) < 4.78 is 0. The highest BCUT2D eigenvalue weighted by molar-refractivity contribution is 6.30. The molecule has 1 saturated heterocycles. The fraction of sp³-hybridized carbons (Fsp3) is 0.385. The van der Waals surface area contributed by atoms with Crippen LogP contribution in [0.2, 0.25) is 5.02 Å². The number of nitrogens with zero attached hydrogens (tertiary/aromatic N) is 1. The molecule has 0 unspecified atom stereocenters. The van der Waals surface area contributed by atoms with E-state index in [1.165, 1.54) is 0 Å². The van der Waals surface area contributed by atoms with Gasteiger partial charge in [0.15, 0.2) is 0 Å². The van der Waals surface area contributed by atoms with Gasteiger partial charge in [-0.05, 0) is 37.1 Å². The molecule has 1 aliphatic heterocycles. The zero-order valence-electron chi connectivity index (χ0n) is 10.0. The summed E-state index contributed by atoms with van der Waals surface area (Å²) in [6.07, 6.45) is 1.54. The third-order valence-electron chi connectivity index (χ3n) is 3.31. The van der Waals surface area contributed by atoms with Crippen molar-refractivity contribution in [3.63, 3.8) is 0 Å². The summed E-state index contributed by atoms with van der Waals surface area (Å²) in [5.41, 5.74) is 6.14. The van der Waals surface area contributed by atoms with E-state index >= 15 is 0 Å². The maximum atomic E-state index is 12.2. The van der Waals surface area contributed by atoms with Gasteiger partial charge in [0.1, 0.15) is 0 Å². The van der Waals surface area contributed by atoms with Gasteiger partial charge in [-0.15, -0.1) is 0 Å². The lowest BCUT2D eigenvalue weighted by molar-refractivity contribution is 0.0709. The number of likely N-dealkylation sites (tertiary alicyclic amines) is 1. The minimum absolute atomic E-state index is 0.0219. The molecule has 1 heterocycles. The van der Waals surface area contributed by atoms with Gasteiger partial charge in [-0.25, -0.2) is 0 Å². The van der Waals surface area contributed by atoms with E-state index in [-0.39, 0.29) is 17.7 Å². The number of carbonyl (C=O) groups excluding carboxylic acids is 1. The largest absolute Gasteiger partial charge is 0.387 e. The zero-order valence-corrected chi connectivity index (χ0v) is 10.8. The fourth-order valence-electron chi connectivity index (χ4n) is 2.17. The molecular formula is C13H16ClN3O. The van der Waals surface area contributed by atoms with E-state index in [1.54, 1.807) is 24.3 Å². The van der Waals surface area contributed by atoms with Crippen molar-refractivity contribution in [1.29, 1.82) is 5.41 Å². The van der Waals surface area contributed by atoms with E-state index in [1.807, 2.05) is 4.90 Å². The molecule has 3 N–H and O–H groups in total. The Morgan fingerprint density at radius 3 is 2.33 bits per heavy atom. The summed E-state index contributed by atoms with van der Waals surface area (Å²) in [6.45, 7) is 1.32. The van der Waals surface area contributed by atoms with Crippen molar-refractivity contribution in [1.82, 2.24) is 4.90 Å². The summed E-state index contributed by atoms with van der Waals surface area (Å²) in [5, 5.41) is 8.04. The standard InChI is InChI=1S/C13H16ClN3O/c14-11-3-1-10(2-4-11)13(18)17-7-5-9(6-8-17)12(15)16/h1-4,9H,5-8H2,(H3,15,16). The summed E-state index contributed by atoms with van der Waals surface area (Å²) in [6, 6.07) is 6.91. The van der Waals surface area contributed by atoms with E-state index in [0.717, 1.165) is 12.8 Å². The van der Waals surface area contributed by atoms with Crippen LogP contribution in [0, 0.1) is 11.3 Å². The highest BCUT2D eigenvalue weighted by Gasteiger charge is 2.24. The zero-order chi connectivity index (χ0) is 13.1. The predicted molar refractivity (Wildman–Crippen MR) is 72.0 cm³/mol. The number of rotatable bonds is 2. The molecule has 0 aromatic heterocycles. The number of benzene rings is 1. The maximum absolute atomic E-state index is 12.2. The molecule has 0 radical (unpaired) electrons. The number of halogens is 1. The number of hydrogen-bond donors (Lipinski definition) is 2. The van der Waals surface area contributed by atoms with E-state index < -0.39 is 0 Å². The average Bonchev–Trinajstić information content (AvgIpc) is 2.39. The molecule has 0 saturated carbocycles. The van der Waals surface area contributed by atoms with Crippen LogP contribution in [0.1, 0.15) is 23.2 Å². The second-order valence-electron chi connectivity index (χ2n) is 4.53. The van der Waals surface area contributed by atoms with E-state index in [0.29, 0.717) is 23.7 Å². The minimum atomic E-state index is 0.0219. The van der Waals surface area contributed by atoms with Crippen LogP contribution in [0.25, 0.3) is 0 Å². The summed E-state index contributed by atoms with van der Waals surface area (Å²) in [5.74, 6) is 0.376. The summed E-state index contributed by atoms with van der Waals surface area (Å²) >= 11 is 5.79. The number of carbonyl (C=O) groups is 1.